The van der Waals surface area contributed by atoms with Gasteiger partial charge in [-0.2, -0.15) is 0 Å². The van der Waals surface area contributed by atoms with Gasteiger partial charge in [0.25, 0.3) is 5.91 Å². The molecule has 1 amide bonds. The van der Waals surface area contributed by atoms with Gasteiger partial charge < -0.3 is 24.8 Å². The largest absolute Gasteiger partial charge is 0.493 e. The molecular formula is C22H22N4O4. The predicted molar refractivity (Wildman–Crippen MR) is 112 cm³/mol. The van der Waals surface area contributed by atoms with Crippen LogP contribution in [0.4, 0.5) is 11.5 Å². The summed E-state index contributed by atoms with van der Waals surface area (Å²) in [7, 11) is 0. The summed E-state index contributed by atoms with van der Waals surface area (Å²) in [6, 6.07) is 10.6. The monoisotopic (exact) mass is 406 g/mol. The highest BCUT2D eigenvalue weighted by atomic mass is 16.6. The highest BCUT2D eigenvalue weighted by Crippen LogP contribution is 2.29. The number of anilines is 2. The quantitative estimate of drug-likeness (QED) is 0.690. The Morgan fingerprint density at radius 2 is 2.17 bits per heavy atom. The number of carbonyl (C=O) groups is 1. The first-order valence-corrected chi connectivity index (χ1v) is 9.93. The van der Waals surface area contributed by atoms with Gasteiger partial charge in [0.15, 0.2) is 0 Å². The van der Waals surface area contributed by atoms with Crippen LogP contribution in [0.15, 0.2) is 42.6 Å². The molecule has 2 saturated heterocycles. The smallest absolute Gasteiger partial charge is 0.259 e. The molecular weight excluding hydrogens is 384 g/mol. The summed E-state index contributed by atoms with van der Waals surface area (Å²) in [5.41, 5.74) is 2.72. The van der Waals surface area contributed by atoms with Crippen molar-refractivity contribution >= 4 is 28.3 Å². The van der Waals surface area contributed by atoms with Gasteiger partial charge in [-0.15, -0.1) is 0 Å². The summed E-state index contributed by atoms with van der Waals surface area (Å²) in [6.07, 6.45) is 1.70. The lowest BCUT2D eigenvalue weighted by Gasteiger charge is -2.37. The minimum absolute atomic E-state index is 0.00375. The van der Waals surface area contributed by atoms with E-state index in [1.165, 1.54) is 0 Å². The second-order valence-corrected chi connectivity index (χ2v) is 7.57. The number of amides is 1. The van der Waals surface area contributed by atoms with Gasteiger partial charge in [0.2, 0.25) is 5.88 Å². The van der Waals surface area contributed by atoms with Crippen LogP contribution in [0.1, 0.15) is 15.9 Å². The van der Waals surface area contributed by atoms with E-state index in [0.717, 1.165) is 10.9 Å². The van der Waals surface area contributed by atoms with Crippen molar-refractivity contribution in [1.29, 1.82) is 0 Å². The van der Waals surface area contributed by atoms with Crippen molar-refractivity contribution in [2.75, 3.05) is 36.6 Å². The Labute approximate surface area is 173 Å². The Balaban J connectivity index is 1.44. The average Bonchev–Trinajstić information content (AvgIpc) is 3.23. The number of benzene rings is 1. The maximum Gasteiger partial charge on any atom is 0.259 e. The van der Waals surface area contributed by atoms with E-state index in [0.29, 0.717) is 49.0 Å². The summed E-state index contributed by atoms with van der Waals surface area (Å²) < 4.78 is 11.4. The van der Waals surface area contributed by atoms with Crippen molar-refractivity contribution in [3.8, 4) is 5.88 Å². The number of aromatic hydroxyl groups is 1. The van der Waals surface area contributed by atoms with Crippen molar-refractivity contribution in [3.63, 3.8) is 0 Å². The number of pyridine rings is 2. The number of hydrogen-bond acceptors (Lipinski definition) is 7. The second-order valence-electron chi connectivity index (χ2n) is 7.57. The molecule has 0 spiro atoms. The number of fused-ring (bicyclic) bond motifs is 2. The molecule has 2 fully saturated rings. The molecule has 2 atom stereocenters. The molecule has 8 nitrogen and oxygen atoms in total. The fraction of sp³-hybridized carbons (Fsp3) is 0.318. The third-order valence-corrected chi connectivity index (χ3v) is 5.63. The lowest BCUT2D eigenvalue weighted by Crippen LogP contribution is -2.51. The number of ether oxygens (including phenoxy) is 2. The normalized spacial score (nSPS) is 20.9. The molecule has 0 radical (unpaired) electrons. The molecule has 30 heavy (non-hydrogen) atoms. The molecule has 2 aliphatic rings. The molecule has 5 rings (SSSR count). The first kappa shape index (κ1) is 18.8. The number of rotatable bonds is 3. The van der Waals surface area contributed by atoms with E-state index in [4.69, 9.17) is 9.47 Å². The van der Waals surface area contributed by atoms with Crippen molar-refractivity contribution in [2.24, 2.45) is 0 Å². The van der Waals surface area contributed by atoms with Gasteiger partial charge in [-0.1, -0.05) is 0 Å². The molecule has 8 heteroatoms. The van der Waals surface area contributed by atoms with Crippen molar-refractivity contribution in [1.82, 2.24) is 9.97 Å². The van der Waals surface area contributed by atoms with Crippen LogP contribution in [0.2, 0.25) is 0 Å². The van der Waals surface area contributed by atoms with E-state index in [9.17, 15) is 9.90 Å². The lowest BCUT2D eigenvalue weighted by molar-refractivity contribution is 0.0221. The zero-order chi connectivity index (χ0) is 20.7. The van der Waals surface area contributed by atoms with Gasteiger partial charge in [-0.3, -0.25) is 4.79 Å². The van der Waals surface area contributed by atoms with Gasteiger partial charge in [-0.25, -0.2) is 9.97 Å². The maximum atomic E-state index is 13.1. The Bertz CT molecular complexity index is 1120. The summed E-state index contributed by atoms with van der Waals surface area (Å²) in [6.45, 7) is 4.26. The fourth-order valence-corrected chi connectivity index (χ4v) is 4.16. The number of carbonyl (C=O) groups excluding carboxylic acids is 1. The topological polar surface area (TPSA) is 96.8 Å². The van der Waals surface area contributed by atoms with Crippen molar-refractivity contribution in [3.05, 3.63) is 53.7 Å². The summed E-state index contributed by atoms with van der Waals surface area (Å²) in [5.74, 6) is 0.391. The molecule has 2 aliphatic heterocycles. The van der Waals surface area contributed by atoms with Crippen LogP contribution in [-0.2, 0) is 9.47 Å². The molecule has 4 heterocycles. The number of nitrogens with zero attached hydrogens (tertiary/aromatic N) is 3. The van der Waals surface area contributed by atoms with E-state index >= 15 is 0 Å². The highest BCUT2D eigenvalue weighted by molar-refractivity contribution is 6.08. The van der Waals surface area contributed by atoms with Gasteiger partial charge in [-0.05, 0) is 42.8 Å². The standard InChI is InChI=1S/C22H22N4O4/c1-13-9-20(27)25-17-5-4-14(10-16(13)17)24-22(28)15-3-2-6-23-21(15)26-7-8-30-19-12-29-11-18(19)26/h2-6,9-10,18-19H,7-8,11-12H2,1H3,(H,24,28)(H,25,27). The SMILES string of the molecule is Cc1cc(O)nc2ccc(NC(=O)c3cccnc3N3CCOC4COCC43)cc12. The van der Waals surface area contributed by atoms with E-state index in [1.54, 1.807) is 36.5 Å². The molecule has 154 valence electrons. The average molecular weight is 406 g/mol. The molecule has 2 N–H and O–H groups in total. The summed E-state index contributed by atoms with van der Waals surface area (Å²) in [5, 5.41) is 13.5. The van der Waals surface area contributed by atoms with Crippen LogP contribution in [0.5, 0.6) is 5.88 Å². The van der Waals surface area contributed by atoms with Gasteiger partial charge in [0.1, 0.15) is 11.9 Å². The Morgan fingerprint density at radius 3 is 3.07 bits per heavy atom. The minimum Gasteiger partial charge on any atom is -0.493 e. The molecule has 2 unspecified atom stereocenters. The predicted octanol–water partition coefficient (Wildman–Crippen LogP) is 2.50. The highest BCUT2D eigenvalue weighted by Gasteiger charge is 2.39. The van der Waals surface area contributed by atoms with Crippen LogP contribution >= 0.6 is 0 Å². The van der Waals surface area contributed by atoms with Crippen LogP contribution in [-0.4, -0.2) is 59.5 Å². The minimum atomic E-state index is -0.233. The number of aryl methyl sites for hydroxylation is 1. The van der Waals surface area contributed by atoms with Crippen molar-refractivity contribution < 1.29 is 19.4 Å². The van der Waals surface area contributed by atoms with Crippen LogP contribution in [0, 0.1) is 6.92 Å². The van der Waals surface area contributed by atoms with Crippen LogP contribution in [0.3, 0.4) is 0 Å². The van der Waals surface area contributed by atoms with Crippen molar-refractivity contribution in [2.45, 2.75) is 19.1 Å². The number of morpholine rings is 1. The molecule has 1 aromatic carbocycles. The molecule has 0 saturated carbocycles. The van der Waals surface area contributed by atoms with Gasteiger partial charge in [0, 0.05) is 29.9 Å². The second kappa shape index (κ2) is 7.55. The number of hydrogen-bond donors (Lipinski definition) is 2. The third kappa shape index (κ3) is 3.34. The first-order valence-electron chi connectivity index (χ1n) is 9.93. The first-order chi connectivity index (χ1) is 14.6. The Kier molecular flexibility index (Phi) is 4.72. The third-order valence-electron chi connectivity index (χ3n) is 5.63. The van der Waals surface area contributed by atoms with E-state index in [1.807, 2.05) is 13.0 Å². The molecule has 3 aromatic rings. The van der Waals surface area contributed by atoms with Crippen LogP contribution in [0.25, 0.3) is 10.9 Å². The summed E-state index contributed by atoms with van der Waals surface area (Å²) in [4.78, 5) is 23.9. The van der Waals surface area contributed by atoms with Crippen LogP contribution < -0.4 is 10.2 Å². The van der Waals surface area contributed by atoms with Gasteiger partial charge in [0.05, 0.1) is 36.9 Å². The Hall–Kier alpha value is -3.23. The van der Waals surface area contributed by atoms with E-state index in [2.05, 4.69) is 20.2 Å². The van der Waals surface area contributed by atoms with Gasteiger partial charge >= 0.3 is 0 Å². The zero-order valence-electron chi connectivity index (χ0n) is 16.5. The summed E-state index contributed by atoms with van der Waals surface area (Å²) >= 11 is 0. The lowest BCUT2D eigenvalue weighted by atomic mass is 10.1. The zero-order valence-corrected chi connectivity index (χ0v) is 16.5. The Morgan fingerprint density at radius 1 is 1.27 bits per heavy atom. The van der Waals surface area contributed by atoms with E-state index < -0.39 is 0 Å². The number of aromatic nitrogens is 2. The van der Waals surface area contributed by atoms with E-state index in [-0.39, 0.29) is 23.9 Å². The molecule has 0 aliphatic carbocycles. The maximum absolute atomic E-state index is 13.1. The molecule has 0 bridgehead atoms. The fourth-order valence-electron chi connectivity index (χ4n) is 4.16. The molecule has 2 aromatic heterocycles. The number of nitrogens with one attached hydrogen (secondary N) is 1.